The molecule has 0 spiro atoms. The summed E-state index contributed by atoms with van der Waals surface area (Å²) >= 11 is 0. The van der Waals surface area contributed by atoms with Crippen LogP contribution in [0.3, 0.4) is 0 Å². The Bertz CT molecular complexity index is 172. The molecule has 0 aliphatic rings. The maximum absolute atomic E-state index is 10.3. The SMILES string of the molecule is C#CCCCCCC(N)C(=O)O. The Balaban J connectivity index is 3.21. The number of nitrogens with two attached hydrogens (primary N) is 1. The van der Waals surface area contributed by atoms with Crippen LogP contribution in [0.2, 0.25) is 0 Å². The Kier molecular flexibility index (Phi) is 6.12. The quantitative estimate of drug-likeness (QED) is 0.460. The zero-order valence-electron chi connectivity index (χ0n) is 7.12. The van der Waals surface area contributed by atoms with E-state index in [1.54, 1.807) is 0 Å². The summed E-state index contributed by atoms with van der Waals surface area (Å²) in [6.07, 6.45) is 9.12. The van der Waals surface area contributed by atoms with Crippen LogP contribution < -0.4 is 5.73 Å². The summed E-state index contributed by atoms with van der Waals surface area (Å²) < 4.78 is 0. The lowest BCUT2D eigenvalue weighted by Gasteiger charge is -2.04. The lowest BCUT2D eigenvalue weighted by atomic mass is 10.1. The molecule has 0 aliphatic carbocycles. The van der Waals surface area contributed by atoms with Crippen molar-refractivity contribution in [2.45, 2.75) is 38.1 Å². The zero-order valence-corrected chi connectivity index (χ0v) is 7.12. The van der Waals surface area contributed by atoms with Crippen LogP contribution in [-0.4, -0.2) is 17.1 Å². The minimum Gasteiger partial charge on any atom is -0.480 e. The van der Waals surface area contributed by atoms with Crippen LogP contribution in [0.1, 0.15) is 32.1 Å². The van der Waals surface area contributed by atoms with Gasteiger partial charge in [0.05, 0.1) is 0 Å². The molecule has 0 aromatic heterocycles. The molecular formula is C9H15NO2. The summed E-state index contributed by atoms with van der Waals surface area (Å²) in [5.41, 5.74) is 5.29. The third-order valence-corrected chi connectivity index (χ3v) is 1.65. The van der Waals surface area contributed by atoms with Crippen molar-refractivity contribution in [2.75, 3.05) is 0 Å². The topological polar surface area (TPSA) is 63.3 Å². The van der Waals surface area contributed by atoms with Crippen LogP contribution in [0.25, 0.3) is 0 Å². The first-order chi connectivity index (χ1) is 5.68. The summed E-state index contributed by atoms with van der Waals surface area (Å²) in [6.45, 7) is 0. The molecule has 0 fully saturated rings. The Morgan fingerprint density at radius 1 is 1.50 bits per heavy atom. The maximum Gasteiger partial charge on any atom is 0.320 e. The molecule has 12 heavy (non-hydrogen) atoms. The smallest absolute Gasteiger partial charge is 0.320 e. The second-order valence-corrected chi connectivity index (χ2v) is 2.75. The van der Waals surface area contributed by atoms with Crippen molar-refractivity contribution in [1.82, 2.24) is 0 Å². The summed E-state index contributed by atoms with van der Waals surface area (Å²) in [5, 5.41) is 8.43. The van der Waals surface area contributed by atoms with Crippen LogP contribution in [0.4, 0.5) is 0 Å². The Labute approximate surface area is 73.0 Å². The molecule has 1 unspecified atom stereocenters. The monoisotopic (exact) mass is 169 g/mol. The van der Waals surface area contributed by atoms with Crippen LogP contribution in [-0.2, 0) is 4.79 Å². The minimum absolute atomic E-state index is 0.542. The molecule has 0 saturated heterocycles. The lowest BCUT2D eigenvalue weighted by Crippen LogP contribution is -2.29. The number of rotatable bonds is 6. The van der Waals surface area contributed by atoms with Gasteiger partial charge in [-0.1, -0.05) is 12.8 Å². The number of terminal acetylenes is 1. The van der Waals surface area contributed by atoms with E-state index in [4.69, 9.17) is 17.3 Å². The minimum atomic E-state index is -0.924. The maximum atomic E-state index is 10.3. The van der Waals surface area contributed by atoms with Crippen molar-refractivity contribution in [3.05, 3.63) is 0 Å². The van der Waals surface area contributed by atoms with Crippen LogP contribution in [0, 0.1) is 12.3 Å². The van der Waals surface area contributed by atoms with Crippen molar-refractivity contribution >= 4 is 5.97 Å². The van der Waals surface area contributed by atoms with Gasteiger partial charge in [0.25, 0.3) is 0 Å². The molecule has 3 heteroatoms. The first-order valence-electron chi connectivity index (χ1n) is 4.10. The van der Waals surface area contributed by atoms with Crippen molar-refractivity contribution < 1.29 is 9.90 Å². The summed E-state index contributed by atoms with van der Waals surface area (Å²) in [5.74, 6) is 1.61. The lowest BCUT2D eigenvalue weighted by molar-refractivity contribution is -0.138. The average molecular weight is 169 g/mol. The average Bonchev–Trinajstić information content (AvgIpc) is 2.03. The fraction of sp³-hybridized carbons (Fsp3) is 0.667. The van der Waals surface area contributed by atoms with E-state index >= 15 is 0 Å². The van der Waals surface area contributed by atoms with Crippen LogP contribution >= 0.6 is 0 Å². The van der Waals surface area contributed by atoms with Gasteiger partial charge >= 0.3 is 5.97 Å². The molecule has 0 rings (SSSR count). The summed E-state index contributed by atoms with van der Waals surface area (Å²) in [4.78, 5) is 10.3. The van der Waals surface area contributed by atoms with Crippen molar-refractivity contribution in [2.24, 2.45) is 5.73 Å². The molecule has 68 valence electrons. The van der Waals surface area contributed by atoms with E-state index in [2.05, 4.69) is 5.92 Å². The predicted molar refractivity (Wildman–Crippen MR) is 47.5 cm³/mol. The van der Waals surface area contributed by atoms with Crippen LogP contribution in [0.15, 0.2) is 0 Å². The highest BCUT2D eigenvalue weighted by Gasteiger charge is 2.09. The molecule has 1 atom stereocenters. The van der Waals surface area contributed by atoms with Gasteiger partial charge in [0.2, 0.25) is 0 Å². The molecule has 3 N–H and O–H groups in total. The molecule has 0 aromatic carbocycles. The Morgan fingerprint density at radius 3 is 2.67 bits per heavy atom. The van der Waals surface area contributed by atoms with E-state index in [-0.39, 0.29) is 0 Å². The Morgan fingerprint density at radius 2 is 2.17 bits per heavy atom. The van der Waals surface area contributed by atoms with Gasteiger partial charge < -0.3 is 10.8 Å². The molecule has 3 nitrogen and oxygen atoms in total. The van der Waals surface area contributed by atoms with E-state index < -0.39 is 12.0 Å². The van der Waals surface area contributed by atoms with Gasteiger partial charge in [0.1, 0.15) is 6.04 Å². The van der Waals surface area contributed by atoms with Crippen molar-refractivity contribution in [1.29, 1.82) is 0 Å². The number of hydrogen-bond acceptors (Lipinski definition) is 2. The second kappa shape index (κ2) is 6.68. The molecule has 0 amide bonds. The van der Waals surface area contributed by atoms with E-state index in [0.29, 0.717) is 6.42 Å². The first-order valence-corrected chi connectivity index (χ1v) is 4.10. The van der Waals surface area contributed by atoms with E-state index in [0.717, 1.165) is 25.7 Å². The number of aliphatic carboxylic acids is 1. The van der Waals surface area contributed by atoms with Gasteiger partial charge in [-0.05, 0) is 12.8 Å². The predicted octanol–water partition coefficient (Wildman–Crippen LogP) is 0.982. The highest BCUT2D eigenvalue weighted by Crippen LogP contribution is 2.04. The highest BCUT2D eigenvalue weighted by molar-refractivity contribution is 5.72. The molecule has 0 heterocycles. The fourth-order valence-electron chi connectivity index (χ4n) is 0.892. The van der Waals surface area contributed by atoms with Gasteiger partial charge in [0, 0.05) is 6.42 Å². The number of carbonyl (C=O) groups is 1. The van der Waals surface area contributed by atoms with Gasteiger partial charge in [-0.3, -0.25) is 4.79 Å². The molecular weight excluding hydrogens is 154 g/mol. The second-order valence-electron chi connectivity index (χ2n) is 2.75. The van der Waals surface area contributed by atoms with Gasteiger partial charge in [-0.25, -0.2) is 0 Å². The Hall–Kier alpha value is -1.01. The largest absolute Gasteiger partial charge is 0.480 e. The standard InChI is InChI=1S/C9H15NO2/c1-2-3-4-5-6-7-8(10)9(11)12/h1,8H,3-7,10H2,(H,11,12). The van der Waals surface area contributed by atoms with Gasteiger partial charge in [-0.2, -0.15) is 0 Å². The van der Waals surface area contributed by atoms with Gasteiger partial charge in [0.15, 0.2) is 0 Å². The zero-order chi connectivity index (χ0) is 9.40. The molecule has 0 aromatic rings. The fourth-order valence-corrected chi connectivity index (χ4v) is 0.892. The summed E-state index contributed by atoms with van der Waals surface area (Å²) in [6, 6.07) is -0.712. The van der Waals surface area contributed by atoms with Crippen molar-refractivity contribution in [3.8, 4) is 12.3 Å². The number of carboxylic acid groups (broad SMARTS) is 1. The number of hydrogen-bond donors (Lipinski definition) is 2. The van der Waals surface area contributed by atoms with E-state index in [1.165, 1.54) is 0 Å². The molecule has 0 aliphatic heterocycles. The normalized spacial score (nSPS) is 12.0. The molecule has 0 saturated carbocycles. The first kappa shape index (κ1) is 11.0. The summed E-state index contributed by atoms with van der Waals surface area (Å²) in [7, 11) is 0. The molecule has 0 radical (unpaired) electrons. The number of carboxylic acids is 1. The van der Waals surface area contributed by atoms with Crippen LogP contribution in [0.5, 0.6) is 0 Å². The van der Waals surface area contributed by atoms with E-state index in [9.17, 15) is 4.79 Å². The van der Waals surface area contributed by atoms with E-state index in [1.807, 2.05) is 0 Å². The van der Waals surface area contributed by atoms with Crippen molar-refractivity contribution in [3.63, 3.8) is 0 Å². The number of unbranched alkanes of at least 4 members (excludes halogenated alkanes) is 3. The van der Waals surface area contributed by atoms with Gasteiger partial charge in [-0.15, -0.1) is 12.3 Å². The molecule has 0 bridgehead atoms. The third kappa shape index (κ3) is 5.75. The third-order valence-electron chi connectivity index (χ3n) is 1.65. The highest BCUT2D eigenvalue weighted by atomic mass is 16.4.